The summed E-state index contributed by atoms with van der Waals surface area (Å²) in [4.78, 5) is 16.5. The molecule has 160 valence electrons. The lowest BCUT2D eigenvalue weighted by Gasteiger charge is -2.23. The molecule has 0 aromatic carbocycles. The van der Waals surface area contributed by atoms with Gasteiger partial charge in [-0.1, -0.05) is 13.3 Å². The molecule has 0 aliphatic carbocycles. The van der Waals surface area contributed by atoms with Crippen molar-refractivity contribution in [3.05, 3.63) is 0 Å². The second-order valence-electron chi connectivity index (χ2n) is 7.82. The Bertz CT molecular complexity index is 570. The van der Waals surface area contributed by atoms with Gasteiger partial charge < -0.3 is 20.7 Å². The number of carbonyl (C=O) groups is 1. The molecule has 2 atom stereocenters. The van der Waals surface area contributed by atoms with Gasteiger partial charge in [-0.05, 0) is 47.5 Å². The van der Waals surface area contributed by atoms with E-state index in [-0.39, 0.29) is 17.8 Å². The third-order valence-corrected chi connectivity index (χ3v) is 4.45. The molecule has 0 heterocycles. The van der Waals surface area contributed by atoms with Gasteiger partial charge in [-0.2, -0.15) is 0 Å². The highest BCUT2D eigenvalue weighted by molar-refractivity contribution is 7.90. The van der Waals surface area contributed by atoms with Crippen LogP contribution in [0, 0.1) is 0 Å². The van der Waals surface area contributed by atoms with Crippen LogP contribution in [0.1, 0.15) is 60.8 Å². The first-order chi connectivity index (χ1) is 12.4. The van der Waals surface area contributed by atoms with Crippen molar-refractivity contribution in [1.82, 2.24) is 16.0 Å². The number of carbonyl (C=O) groups excluding carboxylic acids is 1. The molecular weight excluding hydrogens is 368 g/mol. The number of guanidine groups is 1. The molecule has 0 radical (unpaired) electrons. The van der Waals surface area contributed by atoms with Gasteiger partial charge in [0.25, 0.3) is 0 Å². The van der Waals surface area contributed by atoms with Gasteiger partial charge >= 0.3 is 6.09 Å². The van der Waals surface area contributed by atoms with E-state index in [1.165, 1.54) is 6.26 Å². The molecule has 0 aliphatic heterocycles. The van der Waals surface area contributed by atoms with Crippen molar-refractivity contribution >= 4 is 21.9 Å². The summed E-state index contributed by atoms with van der Waals surface area (Å²) in [6.07, 6.45) is 2.97. The molecule has 8 nitrogen and oxygen atoms in total. The molecule has 0 bridgehead atoms. The monoisotopic (exact) mass is 406 g/mol. The van der Waals surface area contributed by atoms with E-state index < -0.39 is 21.5 Å². The van der Waals surface area contributed by atoms with Gasteiger partial charge in [0.05, 0.1) is 18.3 Å². The summed E-state index contributed by atoms with van der Waals surface area (Å²) in [5.74, 6) is 0.727. The molecule has 0 saturated carbocycles. The predicted molar refractivity (Wildman–Crippen MR) is 111 cm³/mol. The van der Waals surface area contributed by atoms with Crippen molar-refractivity contribution < 1.29 is 17.9 Å². The first kappa shape index (κ1) is 25.5. The molecular formula is C18H38N4O4S. The predicted octanol–water partition coefficient (Wildman–Crippen LogP) is 2.06. The number of ether oxygens (including phenoxy) is 1. The highest BCUT2D eigenvalue weighted by Crippen LogP contribution is 2.08. The molecule has 1 amide bonds. The number of hydrogen-bond acceptors (Lipinski definition) is 5. The Balaban J connectivity index is 4.82. The first-order valence-corrected chi connectivity index (χ1v) is 11.6. The number of hydrogen-bond donors (Lipinski definition) is 3. The van der Waals surface area contributed by atoms with Crippen LogP contribution in [0.3, 0.4) is 0 Å². The van der Waals surface area contributed by atoms with Crippen LogP contribution in [0.5, 0.6) is 0 Å². The van der Waals surface area contributed by atoms with E-state index in [1.807, 2.05) is 41.5 Å². The van der Waals surface area contributed by atoms with E-state index in [0.29, 0.717) is 25.5 Å². The minimum Gasteiger partial charge on any atom is -0.444 e. The zero-order valence-corrected chi connectivity index (χ0v) is 18.7. The van der Waals surface area contributed by atoms with E-state index >= 15 is 0 Å². The maximum Gasteiger partial charge on any atom is 0.407 e. The van der Waals surface area contributed by atoms with Crippen molar-refractivity contribution in [3.8, 4) is 0 Å². The second-order valence-corrected chi connectivity index (χ2v) is 10.1. The van der Waals surface area contributed by atoms with Crippen LogP contribution in [0.4, 0.5) is 4.79 Å². The summed E-state index contributed by atoms with van der Waals surface area (Å²) < 4.78 is 27.9. The quantitative estimate of drug-likeness (QED) is 0.378. The molecule has 0 spiro atoms. The summed E-state index contributed by atoms with van der Waals surface area (Å²) in [5.41, 5.74) is -0.546. The Hall–Kier alpha value is -1.51. The fraction of sp³-hybridized carbons (Fsp3) is 0.889. The van der Waals surface area contributed by atoms with Crippen molar-refractivity contribution in [2.45, 2.75) is 78.5 Å². The van der Waals surface area contributed by atoms with E-state index in [2.05, 4.69) is 20.9 Å². The lowest BCUT2D eigenvalue weighted by molar-refractivity contribution is 0.0503. The van der Waals surface area contributed by atoms with E-state index in [0.717, 1.165) is 12.8 Å². The van der Waals surface area contributed by atoms with Crippen molar-refractivity contribution in [2.24, 2.45) is 4.99 Å². The lowest BCUT2D eigenvalue weighted by Crippen LogP contribution is -2.45. The number of aliphatic imine (C=N–C) groups is 1. The maximum absolute atomic E-state index is 12.0. The van der Waals surface area contributed by atoms with Gasteiger partial charge in [0.15, 0.2) is 5.96 Å². The maximum atomic E-state index is 12.0. The van der Waals surface area contributed by atoms with Crippen molar-refractivity contribution in [2.75, 3.05) is 25.1 Å². The second kappa shape index (κ2) is 12.0. The minimum absolute atomic E-state index is 0.0408. The van der Waals surface area contributed by atoms with Crippen LogP contribution in [0.25, 0.3) is 0 Å². The topological polar surface area (TPSA) is 109 Å². The molecule has 0 saturated heterocycles. The summed E-state index contributed by atoms with van der Waals surface area (Å²) in [7, 11) is -2.99. The van der Waals surface area contributed by atoms with Crippen molar-refractivity contribution in [1.29, 1.82) is 0 Å². The zero-order valence-electron chi connectivity index (χ0n) is 17.9. The highest BCUT2D eigenvalue weighted by atomic mass is 32.2. The van der Waals surface area contributed by atoms with Crippen LogP contribution in [0.15, 0.2) is 4.99 Å². The number of alkyl carbamates (subject to hydrolysis) is 1. The smallest absolute Gasteiger partial charge is 0.407 e. The molecule has 0 aromatic rings. The Kier molecular flexibility index (Phi) is 11.4. The average molecular weight is 407 g/mol. The number of nitrogens with zero attached hydrogens (tertiary/aromatic N) is 1. The number of rotatable bonds is 10. The average Bonchev–Trinajstić information content (AvgIpc) is 2.48. The first-order valence-electron chi connectivity index (χ1n) is 9.58. The van der Waals surface area contributed by atoms with E-state index in [4.69, 9.17) is 4.74 Å². The fourth-order valence-electron chi connectivity index (χ4n) is 2.25. The summed E-state index contributed by atoms with van der Waals surface area (Å²) >= 11 is 0. The van der Waals surface area contributed by atoms with Crippen LogP contribution in [-0.2, 0) is 14.6 Å². The van der Waals surface area contributed by atoms with Gasteiger partial charge in [0.1, 0.15) is 15.4 Å². The van der Waals surface area contributed by atoms with Crippen LogP contribution in [-0.4, -0.2) is 63.3 Å². The molecule has 0 aliphatic rings. The number of sulfone groups is 1. The molecule has 3 N–H and O–H groups in total. The largest absolute Gasteiger partial charge is 0.444 e. The van der Waals surface area contributed by atoms with Gasteiger partial charge in [0.2, 0.25) is 0 Å². The SMILES string of the molecule is CCCC(CN=C(NCC)NC(C)CCS(C)(=O)=O)NC(=O)OC(C)(C)C. The molecule has 27 heavy (non-hydrogen) atoms. The Morgan fingerprint density at radius 3 is 2.26 bits per heavy atom. The Labute approximate surface area is 164 Å². The number of nitrogens with one attached hydrogen (secondary N) is 3. The molecule has 0 fully saturated rings. The fourth-order valence-corrected chi connectivity index (χ4v) is 3.03. The summed E-state index contributed by atoms with van der Waals surface area (Å²) in [5, 5.41) is 9.22. The van der Waals surface area contributed by atoms with Crippen molar-refractivity contribution in [3.63, 3.8) is 0 Å². The lowest BCUT2D eigenvalue weighted by atomic mass is 10.1. The van der Waals surface area contributed by atoms with Gasteiger partial charge in [-0.3, -0.25) is 4.99 Å². The van der Waals surface area contributed by atoms with Gasteiger partial charge in [0, 0.05) is 18.8 Å². The molecule has 0 aromatic heterocycles. The standard InChI is InChI=1S/C18H38N4O4S/c1-8-10-15(22-17(23)26-18(4,5)6)13-20-16(19-9-2)21-14(3)11-12-27(7,24)25/h14-15H,8-13H2,1-7H3,(H,22,23)(H2,19,20,21). The number of amides is 1. The highest BCUT2D eigenvalue weighted by Gasteiger charge is 2.19. The van der Waals surface area contributed by atoms with Crippen LogP contribution >= 0.6 is 0 Å². The molecule has 9 heteroatoms. The van der Waals surface area contributed by atoms with Crippen LogP contribution < -0.4 is 16.0 Å². The summed E-state index contributed by atoms with van der Waals surface area (Å²) in [6.45, 7) is 12.5. The molecule has 2 unspecified atom stereocenters. The zero-order chi connectivity index (χ0) is 21.1. The molecule has 0 rings (SSSR count). The minimum atomic E-state index is -2.99. The van der Waals surface area contributed by atoms with E-state index in [1.54, 1.807) is 0 Å². The van der Waals surface area contributed by atoms with E-state index in [9.17, 15) is 13.2 Å². The van der Waals surface area contributed by atoms with Gasteiger partial charge in [-0.25, -0.2) is 13.2 Å². The third-order valence-electron chi connectivity index (χ3n) is 3.48. The van der Waals surface area contributed by atoms with Gasteiger partial charge in [-0.15, -0.1) is 0 Å². The van der Waals surface area contributed by atoms with Crippen LogP contribution in [0.2, 0.25) is 0 Å². The Morgan fingerprint density at radius 1 is 1.15 bits per heavy atom. The normalized spacial score (nSPS) is 15.0. The summed E-state index contributed by atoms with van der Waals surface area (Å²) in [6, 6.07) is -0.174. The third kappa shape index (κ3) is 15.3. The Morgan fingerprint density at radius 2 is 1.78 bits per heavy atom.